The predicted molar refractivity (Wildman–Crippen MR) is 111 cm³/mol. The molecule has 0 radical (unpaired) electrons. The van der Waals surface area contributed by atoms with Gasteiger partial charge in [-0.25, -0.2) is 0 Å². The fourth-order valence-corrected chi connectivity index (χ4v) is 7.26. The standard InChI is InChI=1S/C19H41NO3Si2/c1-14(23-25(10,11)19(5,6)7)16-15(12-13-21)20(17(16)22)24(8,9)18(2,3)4/h14-16,21H,12-13H2,1-11H3. The van der Waals surface area contributed by atoms with Crippen molar-refractivity contribution in [3.05, 3.63) is 0 Å². The highest BCUT2D eigenvalue weighted by molar-refractivity contribution is 6.80. The molecule has 0 bridgehead atoms. The van der Waals surface area contributed by atoms with Gasteiger partial charge in [-0.2, -0.15) is 0 Å². The van der Waals surface area contributed by atoms with Crippen LogP contribution in [0.15, 0.2) is 0 Å². The SMILES string of the molecule is CC(O[Si](C)(C)C(C)(C)C)C1C(=O)N([Si](C)(C)C(C)(C)C)C1CCO. The Hall–Kier alpha value is -0.176. The molecule has 1 aliphatic rings. The van der Waals surface area contributed by atoms with Gasteiger partial charge in [0.25, 0.3) is 0 Å². The summed E-state index contributed by atoms with van der Waals surface area (Å²) in [6, 6.07) is 0.109. The third kappa shape index (κ3) is 4.22. The van der Waals surface area contributed by atoms with Crippen molar-refractivity contribution in [3.63, 3.8) is 0 Å². The molecule has 1 rings (SSSR count). The number of amides is 1. The quantitative estimate of drug-likeness (QED) is 0.535. The van der Waals surface area contributed by atoms with E-state index in [2.05, 4.69) is 79.2 Å². The number of carbonyl (C=O) groups excluding carboxylic acids is 1. The molecule has 0 aromatic heterocycles. The second-order valence-corrected chi connectivity index (χ2v) is 20.6. The summed E-state index contributed by atoms with van der Waals surface area (Å²) in [5, 5.41) is 9.81. The summed E-state index contributed by atoms with van der Waals surface area (Å²) in [6.45, 7) is 24.5. The summed E-state index contributed by atoms with van der Waals surface area (Å²) in [6.07, 6.45) is 0.555. The lowest BCUT2D eigenvalue weighted by atomic mass is 9.84. The van der Waals surface area contributed by atoms with Crippen LogP contribution in [0, 0.1) is 5.92 Å². The zero-order chi connectivity index (χ0) is 20.0. The van der Waals surface area contributed by atoms with Crippen LogP contribution in [0.3, 0.4) is 0 Å². The maximum absolute atomic E-state index is 13.1. The van der Waals surface area contributed by atoms with Crippen LogP contribution in [0.25, 0.3) is 0 Å². The third-order valence-corrected chi connectivity index (χ3v) is 16.9. The molecule has 25 heavy (non-hydrogen) atoms. The number of β-lactam (4-membered cyclic amide) rings is 1. The second kappa shape index (κ2) is 7.09. The van der Waals surface area contributed by atoms with Crippen LogP contribution >= 0.6 is 0 Å². The van der Waals surface area contributed by atoms with Crippen molar-refractivity contribution in [2.45, 2.75) is 103 Å². The smallest absolute Gasteiger partial charge is 0.222 e. The van der Waals surface area contributed by atoms with Gasteiger partial charge in [-0.05, 0) is 36.5 Å². The van der Waals surface area contributed by atoms with Crippen LogP contribution in [-0.4, -0.2) is 50.9 Å². The first-order valence-electron chi connectivity index (χ1n) is 9.61. The van der Waals surface area contributed by atoms with Crippen molar-refractivity contribution >= 4 is 22.5 Å². The third-order valence-electron chi connectivity index (χ3n) is 6.92. The largest absolute Gasteiger partial charge is 0.413 e. The van der Waals surface area contributed by atoms with Crippen molar-refractivity contribution in [3.8, 4) is 0 Å². The van der Waals surface area contributed by atoms with Gasteiger partial charge in [-0.3, -0.25) is 4.79 Å². The van der Waals surface area contributed by atoms with E-state index in [1.54, 1.807) is 0 Å². The molecule has 3 atom stereocenters. The van der Waals surface area contributed by atoms with Crippen molar-refractivity contribution in [1.82, 2.24) is 4.57 Å². The van der Waals surface area contributed by atoms with Crippen LogP contribution < -0.4 is 0 Å². The van der Waals surface area contributed by atoms with E-state index in [1.807, 2.05) is 0 Å². The van der Waals surface area contributed by atoms with Crippen LogP contribution in [-0.2, 0) is 9.22 Å². The fourth-order valence-electron chi connectivity index (χ4n) is 3.29. The molecule has 0 saturated carbocycles. The van der Waals surface area contributed by atoms with Crippen molar-refractivity contribution in [2.75, 3.05) is 6.61 Å². The lowest BCUT2D eigenvalue weighted by molar-refractivity contribution is -0.155. The lowest BCUT2D eigenvalue weighted by Gasteiger charge is -2.60. The van der Waals surface area contributed by atoms with Crippen molar-refractivity contribution in [2.24, 2.45) is 5.92 Å². The minimum Gasteiger partial charge on any atom is -0.413 e. The van der Waals surface area contributed by atoms with Crippen LogP contribution in [0.1, 0.15) is 54.9 Å². The molecule has 1 heterocycles. The molecule has 1 amide bonds. The Morgan fingerprint density at radius 1 is 1.08 bits per heavy atom. The van der Waals surface area contributed by atoms with Gasteiger partial charge in [0.1, 0.15) is 0 Å². The summed E-state index contributed by atoms with van der Waals surface area (Å²) in [7, 11) is -3.86. The normalized spacial score (nSPS) is 24.3. The predicted octanol–water partition coefficient (Wildman–Crippen LogP) is 4.61. The maximum Gasteiger partial charge on any atom is 0.222 e. The molecular formula is C19H41NO3Si2. The summed E-state index contributed by atoms with van der Waals surface area (Å²) >= 11 is 0. The monoisotopic (exact) mass is 387 g/mol. The molecule has 1 fully saturated rings. The molecule has 6 heteroatoms. The zero-order valence-corrected chi connectivity index (χ0v) is 20.4. The van der Waals surface area contributed by atoms with Gasteiger partial charge in [0.15, 0.2) is 16.6 Å². The molecule has 3 unspecified atom stereocenters. The number of nitrogens with zero attached hydrogens (tertiary/aromatic N) is 1. The molecule has 0 aromatic carbocycles. The van der Waals surface area contributed by atoms with Crippen molar-refractivity contribution < 1.29 is 14.3 Å². The van der Waals surface area contributed by atoms with Gasteiger partial charge < -0.3 is 14.1 Å². The van der Waals surface area contributed by atoms with E-state index in [-0.39, 0.29) is 40.7 Å². The van der Waals surface area contributed by atoms with E-state index in [0.717, 1.165) is 0 Å². The Labute approximate surface area is 157 Å². The Bertz CT molecular complexity index is 492. The molecule has 0 aromatic rings. The number of hydrogen-bond acceptors (Lipinski definition) is 3. The van der Waals surface area contributed by atoms with Gasteiger partial charge in [-0.15, -0.1) is 0 Å². The molecule has 4 nitrogen and oxygen atoms in total. The van der Waals surface area contributed by atoms with E-state index < -0.39 is 16.6 Å². The highest BCUT2D eigenvalue weighted by Crippen LogP contribution is 2.47. The van der Waals surface area contributed by atoms with Crippen LogP contribution in [0.2, 0.25) is 36.3 Å². The second-order valence-electron chi connectivity index (χ2n) is 10.7. The van der Waals surface area contributed by atoms with Crippen LogP contribution in [0.4, 0.5) is 0 Å². The highest BCUT2D eigenvalue weighted by atomic mass is 28.4. The average molecular weight is 388 g/mol. The molecular weight excluding hydrogens is 346 g/mol. The number of aliphatic hydroxyl groups is 1. The first kappa shape index (κ1) is 22.9. The van der Waals surface area contributed by atoms with Gasteiger partial charge in [0.2, 0.25) is 5.91 Å². The maximum atomic E-state index is 13.1. The number of carbonyl (C=O) groups is 1. The molecule has 0 aliphatic carbocycles. The zero-order valence-electron chi connectivity index (χ0n) is 18.4. The average Bonchev–Trinajstić information content (AvgIpc) is 2.34. The van der Waals surface area contributed by atoms with Crippen molar-refractivity contribution in [1.29, 1.82) is 0 Å². The molecule has 1 aliphatic heterocycles. The number of aliphatic hydroxyl groups excluding tert-OH is 1. The van der Waals surface area contributed by atoms with Crippen LogP contribution in [0.5, 0.6) is 0 Å². The lowest BCUT2D eigenvalue weighted by Crippen LogP contribution is -2.75. The summed E-state index contributed by atoms with van der Waals surface area (Å²) in [5.74, 6) is 0.117. The van der Waals surface area contributed by atoms with Gasteiger partial charge in [-0.1, -0.05) is 54.6 Å². The molecule has 148 valence electrons. The minimum absolute atomic E-state index is 0.0917. The van der Waals surface area contributed by atoms with E-state index in [4.69, 9.17) is 4.43 Å². The number of hydrogen-bond donors (Lipinski definition) is 1. The highest BCUT2D eigenvalue weighted by Gasteiger charge is 2.59. The molecule has 1 saturated heterocycles. The minimum atomic E-state index is -1.94. The van der Waals surface area contributed by atoms with E-state index in [0.29, 0.717) is 6.42 Å². The Balaban J connectivity index is 3.05. The first-order valence-corrected chi connectivity index (χ1v) is 15.5. The first-order chi connectivity index (χ1) is 11.0. The fraction of sp³-hybridized carbons (Fsp3) is 0.947. The van der Waals surface area contributed by atoms with Gasteiger partial charge in [0.05, 0.1) is 12.0 Å². The topological polar surface area (TPSA) is 49.8 Å². The Morgan fingerprint density at radius 2 is 1.56 bits per heavy atom. The Kier molecular flexibility index (Phi) is 6.49. The van der Waals surface area contributed by atoms with E-state index in [9.17, 15) is 9.90 Å². The summed E-state index contributed by atoms with van der Waals surface area (Å²) < 4.78 is 8.66. The van der Waals surface area contributed by atoms with E-state index >= 15 is 0 Å². The summed E-state index contributed by atoms with van der Waals surface area (Å²) in [5.41, 5.74) is 0. The number of rotatable bonds is 6. The Morgan fingerprint density at radius 3 is 1.92 bits per heavy atom. The molecule has 1 N–H and O–H groups in total. The van der Waals surface area contributed by atoms with Gasteiger partial charge >= 0.3 is 0 Å². The van der Waals surface area contributed by atoms with E-state index in [1.165, 1.54) is 0 Å². The van der Waals surface area contributed by atoms with Gasteiger partial charge in [0, 0.05) is 12.6 Å². The molecule has 0 spiro atoms. The summed E-state index contributed by atoms with van der Waals surface area (Å²) in [4.78, 5) is 13.1.